The Labute approximate surface area is 381 Å². The first kappa shape index (κ1) is 58.0. The molecule has 0 aliphatic carbocycles. The van der Waals surface area contributed by atoms with Gasteiger partial charge >= 0.3 is 11.9 Å². The number of hydrogen-bond acceptors (Lipinski definition) is 5. The Bertz CT molecular complexity index is 1330. The number of carbonyl (C=O) groups excluding carboxylic acids is 2. The van der Waals surface area contributed by atoms with Crippen LogP contribution in [0.2, 0.25) is 0 Å². The lowest BCUT2D eigenvalue weighted by Crippen LogP contribution is -2.29. The van der Waals surface area contributed by atoms with Gasteiger partial charge in [0.25, 0.3) is 0 Å². The molecule has 1 unspecified atom stereocenters. The van der Waals surface area contributed by atoms with Crippen molar-refractivity contribution in [2.45, 2.75) is 194 Å². The summed E-state index contributed by atoms with van der Waals surface area (Å²) in [5.41, 5.74) is 0. The summed E-state index contributed by atoms with van der Waals surface area (Å²) in [6.07, 6.45) is 73.4. The Hall–Kier alpha value is -3.96. The van der Waals surface area contributed by atoms with Gasteiger partial charge in [-0.3, -0.25) is 9.59 Å². The van der Waals surface area contributed by atoms with Gasteiger partial charge in [0.15, 0.2) is 6.10 Å². The van der Waals surface area contributed by atoms with E-state index in [0.717, 1.165) is 83.5 Å². The molecule has 0 heterocycles. The molecule has 0 amide bonds. The predicted molar refractivity (Wildman–Crippen MR) is 269 cm³/mol. The van der Waals surface area contributed by atoms with Gasteiger partial charge in [0.2, 0.25) is 0 Å². The van der Waals surface area contributed by atoms with Crippen molar-refractivity contribution < 1.29 is 23.8 Å². The van der Waals surface area contributed by atoms with Crippen molar-refractivity contribution in [3.8, 4) is 0 Å². The Morgan fingerprint density at radius 3 is 1.26 bits per heavy atom. The number of unbranched alkanes of at least 4 members (excludes halogenated alkanes) is 11. The van der Waals surface area contributed by atoms with E-state index in [-0.39, 0.29) is 31.6 Å². The lowest BCUT2D eigenvalue weighted by atomic mass is 10.1. The van der Waals surface area contributed by atoms with Crippen LogP contribution in [-0.2, 0) is 23.8 Å². The molecule has 348 valence electrons. The molecular formula is C57H90O5. The zero-order valence-electron chi connectivity index (χ0n) is 39.8. The van der Waals surface area contributed by atoms with Gasteiger partial charge < -0.3 is 14.2 Å². The number of esters is 2. The highest BCUT2D eigenvalue weighted by Crippen LogP contribution is 2.10. The van der Waals surface area contributed by atoms with Gasteiger partial charge in [-0.2, -0.15) is 0 Å². The molecule has 0 N–H and O–H groups in total. The summed E-state index contributed by atoms with van der Waals surface area (Å²) in [6, 6.07) is 0. The zero-order valence-corrected chi connectivity index (χ0v) is 39.8. The average Bonchev–Trinajstić information content (AvgIpc) is 3.27. The Kier molecular flexibility index (Phi) is 48.1. The van der Waals surface area contributed by atoms with Crippen molar-refractivity contribution >= 4 is 11.9 Å². The van der Waals surface area contributed by atoms with E-state index in [0.29, 0.717) is 19.4 Å². The molecule has 0 saturated heterocycles. The van der Waals surface area contributed by atoms with E-state index >= 15 is 0 Å². The van der Waals surface area contributed by atoms with Crippen LogP contribution in [-0.4, -0.2) is 37.9 Å². The van der Waals surface area contributed by atoms with Crippen LogP contribution in [0.5, 0.6) is 0 Å². The standard InChI is InChI=1S/C57H90O5/c1-4-7-10-13-16-19-22-25-28-29-31-32-35-38-41-44-47-50-56(58)61-54-55(53-60-52-49-46-43-40-37-34-27-24-21-18-15-12-9-6-3)62-57(59)51-48-45-42-39-36-33-30-26-23-20-17-14-11-8-5-2/h7-8,10-11,16-17,19-21,24-26,28,30-32,36,38-39,41,45,48,55H,4-6,9,12-15,18,22-23,27,29,33-35,37,40,42-44,46-47,49-54H2,1-3H3/b10-7-,11-8-,19-16-,20-17-,24-21-,28-25-,30-26-,32-31-,39-36-,41-38-,48-45-. The third-order valence-corrected chi connectivity index (χ3v) is 9.68. The molecular weight excluding hydrogens is 765 g/mol. The molecule has 1 atom stereocenters. The summed E-state index contributed by atoms with van der Waals surface area (Å²) in [7, 11) is 0. The van der Waals surface area contributed by atoms with Crippen LogP contribution in [0.4, 0.5) is 0 Å². The fourth-order valence-electron chi connectivity index (χ4n) is 6.08. The monoisotopic (exact) mass is 855 g/mol. The maximum absolute atomic E-state index is 12.7. The van der Waals surface area contributed by atoms with E-state index < -0.39 is 6.10 Å². The van der Waals surface area contributed by atoms with Gasteiger partial charge in [-0.15, -0.1) is 0 Å². The molecule has 0 radical (unpaired) electrons. The maximum Gasteiger partial charge on any atom is 0.310 e. The van der Waals surface area contributed by atoms with E-state index in [4.69, 9.17) is 14.2 Å². The summed E-state index contributed by atoms with van der Waals surface area (Å²) in [5.74, 6) is -0.625. The number of rotatable bonds is 43. The molecule has 0 aliphatic rings. The lowest BCUT2D eigenvalue weighted by molar-refractivity contribution is -0.162. The predicted octanol–water partition coefficient (Wildman–Crippen LogP) is 16.8. The van der Waals surface area contributed by atoms with Crippen LogP contribution < -0.4 is 0 Å². The molecule has 0 fully saturated rings. The summed E-state index contributed by atoms with van der Waals surface area (Å²) in [5, 5.41) is 0. The van der Waals surface area contributed by atoms with Crippen LogP contribution in [0.25, 0.3) is 0 Å². The quantitative estimate of drug-likeness (QED) is 0.0347. The number of hydrogen-bond donors (Lipinski definition) is 0. The van der Waals surface area contributed by atoms with Crippen molar-refractivity contribution in [3.05, 3.63) is 134 Å². The number of ether oxygens (including phenoxy) is 3. The Balaban J connectivity index is 4.53. The molecule has 0 aromatic carbocycles. The van der Waals surface area contributed by atoms with E-state index in [2.05, 4.69) is 142 Å². The fraction of sp³-hybridized carbons (Fsp3) is 0.579. The smallest absolute Gasteiger partial charge is 0.310 e. The van der Waals surface area contributed by atoms with E-state index in [1.54, 1.807) is 0 Å². The van der Waals surface area contributed by atoms with Crippen LogP contribution in [0.3, 0.4) is 0 Å². The van der Waals surface area contributed by atoms with Crippen LogP contribution in [0.1, 0.15) is 188 Å². The summed E-state index contributed by atoms with van der Waals surface area (Å²) < 4.78 is 17.2. The van der Waals surface area contributed by atoms with E-state index in [1.165, 1.54) is 64.2 Å². The molecule has 0 rings (SSSR count). The molecule has 0 aromatic heterocycles. The first-order valence-electron chi connectivity index (χ1n) is 24.7. The third kappa shape index (κ3) is 48.7. The highest BCUT2D eigenvalue weighted by Gasteiger charge is 2.17. The van der Waals surface area contributed by atoms with Gasteiger partial charge in [0.05, 0.1) is 13.0 Å². The molecule has 0 bridgehead atoms. The largest absolute Gasteiger partial charge is 0.462 e. The van der Waals surface area contributed by atoms with Gasteiger partial charge in [-0.05, 0) is 109 Å². The van der Waals surface area contributed by atoms with Gasteiger partial charge in [-0.1, -0.05) is 199 Å². The van der Waals surface area contributed by atoms with Crippen LogP contribution in [0, 0.1) is 0 Å². The number of allylic oxidation sites excluding steroid dienone is 21. The normalized spacial score (nSPS) is 13.4. The second kappa shape index (κ2) is 51.4. The summed E-state index contributed by atoms with van der Waals surface area (Å²) >= 11 is 0. The highest BCUT2D eigenvalue weighted by molar-refractivity contribution is 5.71. The Morgan fingerprint density at radius 2 is 0.774 bits per heavy atom. The molecule has 0 aromatic rings. The van der Waals surface area contributed by atoms with Crippen LogP contribution in [0.15, 0.2) is 134 Å². The minimum Gasteiger partial charge on any atom is -0.462 e. The third-order valence-electron chi connectivity index (χ3n) is 9.68. The van der Waals surface area contributed by atoms with Crippen molar-refractivity contribution in [1.82, 2.24) is 0 Å². The second-order valence-electron chi connectivity index (χ2n) is 15.6. The van der Waals surface area contributed by atoms with Gasteiger partial charge in [0.1, 0.15) is 6.61 Å². The second-order valence-corrected chi connectivity index (χ2v) is 15.6. The first-order chi connectivity index (χ1) is 30.6. The maximum atomic E-state index is 12.7. The van der Waals surface area contributed by atoms with Gasteiger partial charge in [-0.25, -0.2) is 0 Å². The first-order valence-corrected chi connectivity index (χ1v) is 24.7. The lowest BCUT2D eigenvalue weighted by Gasteiger charge is -2.18. The SMILES string of the molecule is CC/C=C\C/C=C\C/C=C\C/C=C\C/C=C\CCCC(=O)OCC(COCCCCCCCC/C=C\CCCCCC)OC(=O)C/C=C\C/C=C\C/C=C\C/C=C\C/C=C\CC. The molecule has 5 nitrogen and oxygen atoms in total. The van der Waals surface area contributed by atoms with E-state index in [1.807, 2.05) is 12.2 Å². The molecule has 0 aliphatic heterocycles. The molecule has 0 spiro atoms. The van der Waals surface area contributed by atoms with Crippen molar-refractivity contribution in [2.75, 3.05) is 19.8 Å². The average molecular weight is 855 g/mol. The molecule has 62 heavy (non-hydrogen) atoms. The Morgan fingerprint density at radius 1 is 0.387 bits per heavy atom. The highest BCUT2D eigenvalue weighted by atomic mass is 16.6. The van der Waals surface area contributed by atoms with Gasteiger partial charge in [0, 0.05) is 13.0 Å². The molecule has 0 saturated carbocycles. The van der Waals surface area contributed by atoms with Crippen LogP contribution >= 0.6 is 0 Å². The minimum absolute atomic E-state index is 0.00506. The minimum atomic E-state index is -0.625. The summed E-state index contributed by atoms with van der Waals surface area (Å²) in [4.78, 5) is 25.3. The zero-order chi connectivity index (χ0) is 44.9. The fourth-order valence-corrected chi connectivity index (χ4v) is 6.08. The van der Waals surface area contributed by atoms with Crippen molar-refractivity contribution in [2.24, 2.45) is 0 Å². The van der Waals surface area contributed by atoms with Crippen molar-refractivity contribution in [3.63, 3.8) is 0 Å². The number of carbonyl (C=O) groups is 2. The topological polar surface area (TPSA) is 61.8 Å². The van der Waals surface area contributed by atoms with E-state index in [9.17, 15) is 9.59 Å². The van der Waals surface area contributed by atoms with Crippen molar-refractivity contribution in [1.29, 1.82) is 0 Å². The molecule has 5 heteroatoms. The summed E-state index contributed by atoms with van der Waals surface area (Å²) in [6.45, 7) is 7.38.